The Morgan fingerprint density at radius 2 is 1.96 bits per heavy atom. The van der Waals surface area contributed by atoms with Crippen LogP contribution in [0.1, 0.15) is 26.2 Å². The van der Waals surface area contributed by atoms with Crippen molar-refractivity contribution in [2.75, 3.05) is 44.2 Å². The second kappa shape index (κ2) is 10.4. The fourth-order valence-corrected chi connectivity index (χ4v) is 3.75. The molecule has 0 bridgehead atoms. The number of nitrogens with zero attached hydrogens (tertiary/aromatic N) is 3. The van der Waals surface area contributed by atoms with Crippen molar-refractivity contribution in [2.24, 2.45) is 10.9 Å². The van der Waals surface area contributed by atoms with Crippen molar-refractivity contribution in [3.05, 3.63) is 29.8 Å². The predicted octanol–water partition coefficient (Wildman–Crippen LogP) is 2.83. The highest BCUT2D eigenvalue weighted by Gasteiger charge is 2.26. The number of aliphatic hydroxyl groups excluding tert-OH is 1. The Bertz CT molecular complexity index is 638. The molecule has 0 radical (unpaired) electrons. The van der Waals surface area contributed by atoms with E-state index >= 15 is 0 Å². The number of anilines is 1. The molecule has 5 nitrogen and oxygen atoms in total. The van der Waals surface area contributed by atoms with Gasteiger partial charge in [-0.15, -0.1) is 24.0 Å². The first-order chi connectivity index (χ1) is 12.6. The number of nitrogens with one attached hydrogen (secondary N) is 1. The van der Waals surface area contributed by atoms with Crippen molar-refractivity contribution in [3.8, 4) is 0 Å². The van der Waals surface area contributed by atoms with Gasteiger partial charge in [0.15, 0.2) is 5.96 Å². The lowest BCUT2D eigenvalue weighted by Crippen LogP contribution is -2.53. The molecule has 1 aliphatic carbocycles. The quantitative estimate of drug-likeness (QED) is 0.384. The number of benzene rings is 1. The third-order valence-corrected chi connectivity index (χ3v) is 5.26. The van der Waals surface area contributed by atoms with E-state index in [2.05, 4.69) is 10.2 Å². The molecule has 8 heteroatoms. The Morgan fingerprint density at radius 3 is 2.59 bits per heavy atom. The topological polar surface area (TPSA) is 51.1 Å². The van der Waals surface area contributed by atoms with E-state index in [1.807, 2.05) is 11.8 Å². The maximum absolute atomic E-state index is 14.0. The first-order valence-electron chi connectivity index (χ1n) is 9.49. The summed E-state index contributed by atoms with van der Waals surface area (Å²) in [5, 5.41) is 13.3. The van der Waals surface area contributed by atoms with Crippen LogP contribution in [0.4, 0.5) is 14.5 Å². The minimum atomic E-state index is -0.422. The number of rotatable bonds is 4. The summed E-state index contributed by atoms with van der Waals surface area (Å²) in [5.41, 5.74) is 0.320. The zero-order valence-corrected chi connectivity index (χ0v) is 18.0. The number of aliphatic hydroxyl groups is 1. The molecule has 2 aliphatic rings. The number of hydrogen-bond donors (Lipinski definition) is 2. The van der Waals surface area contributed by atoms with Crippen LogP contribution in [0, 0.1) is 17.6 Å². The minimum absolute atomic E-state index is 0. The molecule has 2 fully saturated rings. The minimum Gasteiger partial charge on any atom is -0.393 e. The van der Waals surface area contributed by atoms with Crippen LogP contribution in [0.2, 0.25) is 0 Å². The molecule has 2 atom stereocenters. The van der Waals surface area contributed by atoms with Gasteiger partial charge in [-0.2, -0.15) is 0 Å². The fraction of sp³-hybridized carbons (Fsp3) is 0.632. The van der Waals surface area contributed by atoms with Crippen LogP contribution >= 0.6 is 24.0 Å². The van der Waals surface area contributed by atoms with Crippen molar-refractivity contribution in [1.29, 1.82) is 0 Å². The number of halogens is 3. The molecule has 3 rings (SSSR count). The molecule has 0 spiro atoms. The van der Waals surface area contributed by atoms with Gasteiger partial charge in [0.1, 0.15) is 11.6 Å². The van der Waals surface area contributed by atoms with Crippen molar-refractivity contribution < 1.29 is 13.9 Å². The van der Waals surface area contributed by atoms with Gasteiger partial charge in [-0.3, -0.25) is 4.99 Å². The summed E-state index contributed by atoms with van der Waals surface area (Å²) in [5.74, 6) is 0.266. The van der Waals surface area contributed by atoms with E-state index < -0.39 is 11.6 Å². The Hall–Kier alpha value is -1.16. The normalized spacial score (nSPS) is 23.3. The van der Waals surface area contributed by atoms with Crippen LogP contribution in [0.3, 0.4) is 0 Å². The van der Waals surface area contributed by atoms with Gasteiger partial charge in [-0.1, -0.05) is 6.42 Å². The van der Waals surface area contributed by atoms with Crippen LogP contribution in [-0.4, -0.2) is 61.3 Å². The Balaban J connectivity index is 0.00000261. The van der Waals surface area contributed by atoms with Gasteiger partial charge in [-0.25, -0.2) is 8.78 Å². The van der Waals surface area contributed by atoms with Crippen LogP contribution in [0.5, 0.6) is 0 Å². The summed E-state index contributed by atoms with van der Waals surface area (Å²) in [6.45, 7) is 6.02. The summed E-state index contributed by atoms with van der Waals surface area (Å²) < 4.78 is 27.4. The van der Waals surface area contributed by atoms with Crippen LogP contribution in [0.15, 0.2) is 23.2 Å². The molecule has 0 aromatic heterocycles. The first-order valence-corrected chi connectivity index (χ1v) is 9.49. The molecule has 1 saturated carbocycles. The fourth-order valence-electron chi connectivity index (χ4n) is 3.75. The maximum atomic E-state index is 14.0. The van der Waals surface area contributed by atoms with Crippen molar-refractivity contribution in [1.82, 2.24) is 10.2 Å². The van der Waals surface area contributed by atoms with Crippen molar-refractivity contribution >= 4 is 35.6 Å². The van der Waals surface area contributed by atoms with Gasteiger partial charge in [-0.05, 0) is 31.9 Å². The molecule has 2 unspecified atom stereocenters. The van der Waals surface area contributed by atoms with Gasteiger partial charge in [0.25, 0.3) is 0 Å². The monoisotopic (exact) mass is 494 g/mol. The molecule has 152 valence electrons. The molecular weight excluding hydrogens is 465 g/mol. The summed E-state index contributed by atoms with van der Waals surface area (Å²) in [4.78, 5) is 8.74. The summed E-state index contributed by atoms with van der Waals surface area (Å²) in [6.07, 6.45) is 2.72. The number of piperazine rings is 1. The lowest BCUT2D eigenvalue weighted by molar-refractivity contribution is 0.136. The number of guanidine groups is 1. The average molecular weight is 494 g/mol. The number of aliphatic imine (C=N–C) groups is 1. The van der Waals surface area contributed by atoms with E-state index in [-0.39, 0.29) is 36.0 Å². The van der Waals surface area contributed by atoms with Crippen molar-refractivity contribution in [3.63, 3.8) is 0 Å². The highest BCUT2D eigenvalue weighted by atomic mass is 127. The van der Waals surface area contributed by atoms with E-state index in [0.717, 1.165) is 37.8 Å². The second-order valence-corrected chi connectivity index (χ2v) is 7.02. The third kappa shape index (κ3) is 5.66. The van der Waals surface area contributed by atoms with Gasteiger partial charge in [0.05, 0.1) is 11.8 Å². The van der Waals surface area contributed by atoms with Gasteiger partial charge < -0.3 is 20.2 Å². The van der Waals surface area contributed by atoms with Gasteiger partial charge >= 0.3 is 0 Å². The summed E-state index contributed by atoms with van der Waals surface area (Å²) >= 11 is 0. The summed E-state index contributed by atoms with van der Waals surface area (Å²) in [7, 11) is 0. The van der Waals surface area contributed by atoms with E-state index in [9.17, 15) is 13.9 Å². The van der Waals surface area contributed by atoms with E-state index in [0.29, 0.717) is 38.4 Å². The molecule has 1 aromatic rings. The third-order valence-electron chi connectivity index (χ3n) is 5.26. The lowest BCUT2D eigenvalue weighted by atomic mass is 10.1. The number of hydrogen-bond acceptors (Lipinski definition) is 3. The molecule has 1 heterocycles. The van der Waals surface area contributed by atoms with E-state index in [1.165, 1.54) is 12.1 Å². The SMILES string of the molecule is CCNC(=NCC1CCCC1O)N1CCN(c2cc(F)ccc2F)CC1.I. The van der Waals surface area contributed by atoms with Gasteiger partial charge in [0.2, 0.25) is 0 Å². The molecule has 1 saturated heterocycles. The molecule has 1 aromatic carbocycles. The molecular formula is C19H29F2IN4O. The Kier molecular flexibility index (Phi) is 8.53. The van der Waals surface area contributed by atoms with Crippen LogP contribution in [0.25, 0.3) is 0 Å². The highest BCUT2D eigenvalue weighted by Crippen LogP contribution is 2.26. The summed E-state index contributed by atoms with van der Waals surface area (Å²) in [6, 6.07) is 3.57. The zero-order valence-electron chi connectivity index (χ0n) is 15.7. The highest BCUT2D eigenvalue weighted by molar-refractivity contribution is 14.0. The molecule has 1 aliphatic heterocycles. The second-order valence-electron chi connectivity index (χ2n) is 7.02. The van der Waals surface area contributed by atoms with Crippen LogP contribution in [-0.2, 0) is 0 Å². The maximum Gasteiger partial charge on any atom is 0.194 e. The molecule has 2 N–H and O–H groups in total. The first kappa shape index (κ1) is 22.1. The standard InChI is InChI=1S/C19H28F2N4O.HI/c1-2-22-19(23-13-14-4-3-5-18(14)26)25-10-8-24(9-11-25)17-12-15(20)6-7-16(17)21;/h6-7,12,14,18,26H,2-5,8-11,13H2,1H3,(H,22,23);1H. The Morgan fingerprint density at radius 1 is 1.22 bits per heavy atom. The van der Waals surface area contributed by atoms with Crippen molar-refractivity contribution in [2.45, 2.75) is 32.3 Å². The predicted molar refractivity (Wildman–Crippen MR) is 115 cm³/mol. The molecule has 0 amide bonds. The van der Waals surface area contributed by atoms with Crippen LogP contribution < -0.4 is 10.2 Å². The van der Waals surface area contributed by atoms with E-state index in [1.54, 1.807) is 0 Å². The van der Waals surface area contributed by atoms with E-state index in [4.69, 9.17) is 4.99 Å². The Labute approximate surface area is 176 Å². The molecule has 27 heavy (non-hydrogen) atoms. The average Bonchev–Trinajstić information content (AvgIpc) is 3.06. The zero-order chi connectivity index (χ0) is 18.5. The lowest BCUT2D eigenvalue weighted by Gasteiger charge is -2.38. The van der Waals surface area contributed by atoms with Gasteiger partial charge in [0, 0.05) is 51.3 Å². The smallest absolute Gasteiger partial charge is 0.194 e. The largest absolute Gasteiger partial charge is 0.393 e.